The van der Waals surface area contributed by atoms with Crippen LogP contribution in [0.5, 0.6) is 0 Å². The summed E-state index contributed by atoms with van der Waals surface area (Å²) in [5.41, 5.74) is 0.225. The largest absolute Gasteiger partial charge is 0.396 e. The van der Waals surface area contributed by atoms with E-state index in [2.05, 4.69) is 0 Å². The molecular formula is C11H20O2S. The van der Waals surface area contributed by atoms with E-state index in [1.807, 2.05) is 11.8 Å². The van der Waals surface area contributed by atoms with Crippen LogP contribution in [0.3, 0.4) is 0 Å². The van der Waals surface area contributed by atoms with Crippen molar-refractivity contribution in [3.63, 3.8) is 0 Å². The fraction of sp³-hybridized carbons (Fsp3) is 1.00. The Kier molecular flexibility index (Phi) is 3.74. The van der Waals surface area contributed by atoms with Crippen LogP contribution in [0, 0.1) is 5.92 Å². The number of rotatable bonds is 3. The molecule has 0 aromatic heterocycles. The lowest BCUT2D eigenvalue weighted by molar-refractivity contribution is -0.0811. The first-order valence-electron chi connectivity index (χ1n) is 5.67. The summed E-state index contributed by atoms with van der Waals surface area (Å²) in [6.45, 7) is 1.29. The van der Waals surface area contributed by atoms with Crippen molar-refractivity contribution in [2.24, 2.45) is 5.92 Å². The summed E-state index contributed by atoms with van der Waals surface area (Å²) in [4.78, 5) is 0. The van der Waals surface area contributed by atoms with Crippen molar-refractivity contribution >= 4 is 11.8 Å². The van der Waals surface area contributed by atoms with Gasteiger partial charge in [0.2, 0.25) is 0 Å². The van der Waals surface area contributed by atoms with Crippen LogP contribution in [0.2, 0.25) is 0 Å². The molecule has 0 aromatic rings. The molecule has 1 N–H and O–H groups in total. The fourth-order valence-corrected chi connectivity index (χ4v) is 4.00. The number of hydrogen-bond donors (Lipinski definition) is 1. The van der Waals surface area contributed by atoms with Crippen LogP contribution in [0.15, 0.2) is 0 Å². The molecule has 2 rings (SSSR count). The Bertz CT molecular complexity index is 178. The molecule has 1 spiro atoms. The molecule has 2 nitrogen and oxygen atoms in total. The highest BCUT2D eigenvalue weighted by molar-refractivity contribution is 7.99. The second-order valence-corrected chi connectivity index (χ2v) is 5.66. The fourth-order valence-electron chi connectivity index (χ4n) is 2.62. The molecule has 0 aliphatic carbocycles. The maximum Gasteiger partial charge on any atom is 0.0783 e. The number of thioether (sulfide) groups is 1. The van der Waals surface area contributed by atoms with Gasteiger partial charge in [0.1, 0.15) is 0 Å². The van der Waals surface area contributed by atoms with E-state index in [1.165, 1.54) is 37.2 Å². The van der Waals surface area contributed by atoms with Gasteiger partial charge in [0.15, 0.2) is 0 Å². The number of aliphatic hydroxyl groups is 1. The average Bonchev–Trinajstić information content (AvgIpc) is 2.63. The Hall–Kier alpha value is 0.270. The molecule has 14 heavy (non-hydrogen) atoms. The van der Waals surface area contributed by atoms with E-state index in [1.54, 1.807) is 0 Å². The van der Waals surface area contributed by atoms with Gasteiger partial charge < -0.3 is 9.84 Å². The Morgan fingerprint density at radius 1 is 1.50 bits per heavy atom. The Labute approximate surface area is 90.4 Å². The molecule has 2 heterocycles. The van der Waals surface area contributed by atoms with Crippen molar-refractivity contribution in [2.75, 3.05) is 24.7 Å². The van der Waals surface area contributed by atoms with E-state index in [9.17, 15) is 0 Å². The van der Waals surface area contributed by atoms with Gasteiger partial charge in [-0.3, -0.25) is 0 Å². The summed E-state index contributed by atoms with van der Waals surface area (Å²) >= 11 is 2.03. The maximum atomic E-state index is 8.82. The normalized spacial score (nSPS) is 37.9. The van der Waals surface area contributed by atoms with Gasteiger partial charge in [-0.05, 0) is 43.8 Å². The lowest BCUT2D eigenvalue weighted by atomic mass is 9.83. The predicted octanol–water partition coefficient (Wildman–Crippen LogP) is 2.06. The molecule has 0 bridgehead atoms. The highest BCUT2D eigenvalue weighted by atomic mass is 32.2. The highest BCUT2D eigenvalue weighted by Gasteiger charge is 2.39. The predicted molar refractivity (Wildman–Crippen MR) is 59.7 cm³/mol. The summed E-state index contributed by atoms with van der Waals surface area (Å²) in [6.07, 6.45) is 5.83. The minimum absolute atomic E-state index is 0.225. The van der Waals surface area contributed by atoms with E-state index in [-0.39, 0.29) is 5.60 Å². The van der Waals surface area contributed by atoms with Gasteiger partial charge in [0.05, 0.1) is 5.60 Å². The monoisotopic (exact) mass is 216 g/mol. The van der Waals surface area contributed by atoms with E-state index in [4.69, 9.17) is 9.84 Å². The Morgan fingerprint density at radius 2 is 2.43 bits per heavy atom. The lowest BCUT2D eigenvalue weighted by Crippen LogP contribution is -2.39. The van der Waals surface area contributed by atoms with Crippen LogP contribution in [-0.4, -0.2) is 35.4 Å². The molecular weight excluding hydrogens is 196 g/mol. The number of hydrogen-bond acceptors (Lipinski definition) is 3. The van der Waals surface area contributed by atoms with Crippen molar-refractivity contribution in [1.82, 2.24) is 0 Å². The third kappa shape index (κ3) is 2.44. The van der Waals surface area contributed by atoms with Crippen molar-refractivity contribution in [3.8, 4) is 0 Å². The molecule has 2 aliphatic rings. The minimum atomic E-state index is 0.225. The highest BCUT2D eigenvalue weighted by Crippen LogP contribution is 2.41. The number of ether oxygens (including phenoxy) is 1. The first kappa shape index (κ1) is 10.8. The molecule has 0 aromatic carbocycles. The summed E-state index contributed by atoms with van der Waals surface area (Å²) in [7, 11) is 0. The SMILES string of the molecule is OCCCC1CCOC2(CCSC2)C1. The zero-order valence-corrected chi connectivity index (χ0v) is 9.52. The Morgan fingerprint density at radius 3 is 3.14 bits per heavy atom. The van der Waals surface area contributed by atoms with Gasteiger partial charge in [-0.15, -0.1) is 0 Å². The average molecular weight is 216 g/mol. The summed E-state index contributed by atoms with van der Waals surface area (Å²) < 4.78 is 5.95. The molecule has 82 valence electrons. The third-order valence-corrected chi connectivity index (χ3v) is 4.66. The molecule has 2 unspecified atom stereocenters. The van der Waals surface area contributed by atoms with E-state index in [0.29, 0.717) is 6.61 Å². The van der Waals surface area contributed by atoms with Crippen molar-refractivity contribution < 1.29 is 9.84 Å². The molecule has 2 atom stereocenters. The van der Waals surface area contributed by atoms with Gasteiger partial charge >= 0.3 is 0 Å². The first-order valence-corrected chi connectivity index (χ1v) is 6.83. The summed E-state index contributed by atoms with van der Waals surface area (Å²) in [6, 6.07) is 0. The van der Waals surface area contributed by atoms with Crippen LogP contribution >= 0.6 is 11.8 Å². The standard InChI is InChI=1S/C11H20O2S/c12-5-1-2-10-3-6-13-11(8-10)4-7-14-9-11/h10,12H,1-9H2. The number of aliphatic hydroxyl groups excluding tert-OH is 1. The zero-order chi connectivity index (χ0) is 9.86. The first-order chi connectivity index (χ1) is 6.85. The van der Waals surface area contributed by atoms with Gasteiger partial charge in [-0.1, -0.05) is 0 Å². The molecule has 2 aliphatic heterocycles. The second-order valence-electron chi connectivity index (χ2n) is 4.56. The van der Waals surface area contributed by atoms with Crippen LogP contribution < -0.4 is 0 Å². The minimum Gasteiger partial charge on any atom is -0.396 e. The van der Waals surface area contributed by atoms with E-state index < -0.39 is 0 Å². The summed E-state index contributed by atoms with van der Waals surface area (Å²) in [5, 5.41) is 8.82. The van der Waals surface area contributed by atoms with E-state index >= 15 is 0 Å². The summed E-state index contributed by atoms with van der Waals surface area (Å²) in [5.74, 6) is 3.27. The van der Waals surface area contributed by atoms with Gasteiger partial charge in [-0.25, -0.2) is 0 Å². The zero-order valence-electron chi connectivity index (χ0n) is 8.71. The van der Waals surface area contributed by atoms with Crippen molar-refractivity contribution in [2.45, 2.75) is 37.7 Å². The van der Waals surface area contributed by atoms with Crippen LogP contribution in [0.1, 0.15) is 32.1 Å². The van der Waals surface area contributed by atoms with Crippen LogP contribution in [-0.2, 0) is 4.74 Å². The second kappa shape index (κ2) is 4.86. The third-order valence-electron chi connectivity index (χ3n) is 3.43. The molecule has 0 radical (unpaired) electrons. The molecule has 2 saturated heterocycles. The smallest absolute Gasteiger partial charge is 0.0783 e. The quantitative estimate of drug-likeness (QED) is 0.783. The van der Waals surface area contributed by atoms with Crippen molar-refractivity contribution in [1.29, 1.82) is 0 Å². The van der Waals surface area contributed by atoms with E-state index in [0.717, 1.165) is 18.9 Å². The van der Waals surface area contributed by atoms with Crippen LogP contribution in [0.25, 0.3) is 0 Å². The molecule has 3 heteroatoms. The molecule has 0 saturated carbocycles. The van der Waals surface area contributed by atoms with Crippen molar-refractivity contribution in [3.05, 3.63) is 0 Å². The van der Waals surface area contributed by atoms with Gasteiger partial charge in [0.25, 0.3) is 0 Å². The maximum absolute atomic E-state index is 8.82. The van der Waals surface area contributed by atoms with Crippen LogP contribution in [0.4, 0.5) is 0 Å². The van der Waals surface area contributed by atoms with Gasteiger partial charge in [-0.2, -0.15) is 11.8 Å². The Balaban J connectivity index is 1.83. The topological polar surface area (TPSA) is 29.5 Å². The lowest BCUT2D eigenvalue weighted by Gasteiger charge is -2.37. The molecule has 2 fully saturated rings. The van der Waals surface area contributed by atoms with Gasteiger partial charge in [0, 0.05) is 19.0 Å². The molecule has 0 amide bonds.